The van der Waals surface area contributed by atoms with Crippen LogP contribution in [0.3, 0.4) is 0 Å². The number of hydrogen-bond donors (Lipinski definition) is 1. The van der Waals surface area contributed by atoms with Gasteiger partial charge in [-0.3, -0.25) is 9.78 Å². The standard InChI is InChI=1S/C12H13N3O2/c1-11(2)7-12(11,10(16)17)8-5-14-9-6-13-3-4-15(8)9/h3-6H,7H2,1-2H3,(H,16,17). The summed E-state index contributed by atoms with van der Waals surface area (Å²) in [6, 6.07) is 0. The van der Waals surface area contributed by atoms with E-state index in [9.17, 15) is 9.90 Å². The summed E-state index contributed by atoms with van der Waals surface area (Å²) in [5, 5.41) is 9.51. The summed E-state index contributed by atoms with van der Waals surface area (Å²) >= 11 is 0. The molecule has 1 fully saturated rings. The minimum Gasteiger partial charge on any atom is -0.481 e. The highest BCUT2D eigenvalue weighted by molar-refractivity contribution is 5.86. The highest BCUT2D eigenvalue weighted by Crippen LogP contribution is 2.64. The Morgan fingerprint density at radius 2 is 2.18 bits per heavy atom. The highest BCUT2D eigenvalue weighted by atomic mass is 16.4. The fraction of sp³-hybridized carbons (Fsp3) is 0.417. The van der Waals surface area contributed by atoms with Crippen LogP contribution in [0.1, 0.15) is 26.0 Å². The number of hydrogen-bond acceptors (Lipinski definition) is 3. The largest absolute Gasteiger partial charge is 0.481 e. The number of imidazole rings is 1. The number of carbonyl (C=O) groups is 1. The van der Waals surface area contributed by atoms with Crippen molar-refractivity contribution in [2.75, 3.05) is 0 Å². The maximum atomic E-state index is 11.6. The molecule has 5 nitrogen and oxygen atoms in total. The van der Waals surface area contributed by atoms with Crippen LogP contribution in [-0.2, 0) is 10.2 Å². The number of fused-ring (bicyclic) bond motifs is 1. The van der Waals surface area contributed by atoms with Crippen molar-refractivity contribution in [2.24, 2.45) is 5.41 Å². The first-order valence-corrected chi connectivity index (χ1v) is 5.50. The van der Waals surface area contributed by atoms with Crippen LogP contribution in [0.4, 0.5) is 0 Å². The van der Waals surface area contributed by atoms with Crippen LogP contribution < -0.4 is 0 Å². The molecule has 0 aromatic carbocycles. The molecule has 88 valence electrons. The fourth-order valence-corrected chi connectivity index (χ4v) is 2.69. The van der Waals surface area contributed by atoms with Crippen molar-refractivity contribution in [3.63, 3.8) is 0 Å². The van der Waals surface area contributed by atoms with Crippen molar-refractivity contribution >= 4 is 11.6 Å². The Hall–Kier alpha value is -1.91. The SMILES string of the molecule is CC1(C)CC1(C(=O)O)c1cnc2cnccn12. The van der Waals surface area contributed by atoms with E-state index < -0.39 is 11.4 Å². The van der Waals surface area contributed by atoms with Gasteiger partial charge in [0.25, 0.3) is 0 Å². The molecule has 0 aliphatic heterocycles. The molecule has 0 radical (unpaired) electrons. The van der Waals surface area contributed by atoms with Gasteiger partial charge in [0.05, 0.1) is 18.1 Å². The normalized spacial score (nSPS) is 26.0. The average Bonchev–Trinajstić information content (AvgIpc) is 2.70. The molecule has 3 rings (SSSR count). The smallest absolute Gasteiger partial charge is 0.316 e. The van der Waals surface area contributed by atoms with E-state index in [1.54, 1.807) is 24.8 Å². The number of carboxylic acids is 1. The molecule has 5 heteroatoms. The van der Waals surface area contributed by atoms with Gasteiger partial charge in [-0.05, 0) is 11.8 Å². The first-order valence-electron chi connectivity index (χ1n) is 5.50. The lowest BCUT2D eigenvalue weighted by Crippen LogP contribution is -2.27. The third-order valence-corrected chi connectivity index (χ3v) is 3.86. The van der Waals surface area contributed by atoms with Crippen molar-refractivity contribution in [1.82, 2.24) is 14.4 Å². The molecule has 1 aliphatic rings. The molecule has 17 heavy (non-hydrogen) atoms. The number of carboxylic acid groups (broad SMARTS) is 1. The van der Waals surface area contributed by atoms with Gasteiger partial charge in [0, 0.05) is 12.4 Å². The third kappa shape index (κ3) is 1.11. The molecule has 1 unspecified atom stereocenters. The zero-order chi connectivity index (χ0) is 12.3. The van der Waals surface area contributed by atoms with Gasteiger partial charge in [-0.15, -0.1) is 0 Å². The van der Waals surface area contributed by atoms with Gasteiger partial charge >= 0.3 is 5.97 Å². The maximum Gasteiger partial charge on any atom is 0.316 e. The minimum absolute atomic E-state index is 0.224. The van der Waals surface area contributed by atoms with E-state index in [0.717, 1.165) is 5.69 Å². The van der Waals surface area contributed by atoms with Crippen LogP contribution >= 0.6 is 0 Å². The quantitative estimate of drug-likeness (QED) is 0.850. The van der Waals surface area contributed by atoms with E-state index in [2.05, 4.69) is 9.97 Å². The molecule has 2 aromatic rings. The molecule has 0 bridgehead atoms. The van der Waals surface area contributed by atoms with Crippen LogP contribution in [-0.4, -0.2) is 25.4 Å². The Balaban J connectivity index is 2.25. The minimum atomic E-state index is -0.812. The Morgan fingerprint density at radius 3 is 2.76 bits per heavy atom. The number of nitrogens with zero attached hydrogens (tertiary/aromatic N) is 3. The van der Waals surface area contributed by atoms with Crippen LogP contribution in [0.5, 0.6) is 0 Å². The van der Waals surface area contributed by atoms with E-state index in [4.69, 9.17) is 0 Å². The molecule has 1 N–H and O–H groups in total. The van der Waals surface area contributed by atoms with Crippen LogP contribution in [0.2, 0.25) is 0 Å². The van der Waals surface area contributed by atoms with E-state index in [1.165, 1.54) is 0 Å². The predicted molar refractivity (Wildman–Crippen MR) is 60.7 cm³/mol. The van der Waals surface area contributed by atoms with Gasteiger partial charge in [-0.25, -0.2) is 4.98 Å². The van der Waals surface area contributed by atoms with Crippen LogP contribution in [0, 0.1) is 5.41 Å². The first-order chi connectivity index (χ1) is 7.99. The monoisotopic (exact) mass is 231 g/mol. The van der Waals surface area contributed by atoms with E-state index in [1.807, 2.05) is 18.2 Å². The van der Waals surface area contributed by atoms with Gasteiger partial charge in [0.2, 0.25) is 0 Å². The lowest BCUT2D eigenvalue weighted by Gasteiger charge is -2.15. The molecule has 0 saturated heterocycles. The zero-order valence-electron chi connectivity index (χ0n) is 9.71. The molecular formula is C12H13N3O2. The Kier molecular flexibility index (Phi) is 1.72. The number of aromatic nitrogens is 3. The second kappa shape index (κ2) is 2.85. The molecular weight excluding hydrogens is 218 g/mol. The van der Waals surface area contributed by atoms with E-state index >= 15 is 0 Å². The van der Waals surface area contributed by atoms with Crippen LogP contribution in [0.25, 0.3) is 5.65 Å². The summed E-state index contributed by atoms with van der Waals surface area (Å²) in [6.07, 6.45) is 7.33. The van der Waals surface area contributed by atoms with Crippen molar-refractivity contribution < 1.29 is 9.90 Å². The van der Waals surface area contributed by atoms with Gasteiger partial charge < -0.3 is 9.51 Å². The van der Waals surface area contributed by atoms with Gasteiger partial charge in [-0.1, -0.05) is 13.8 Å². The molecule has 1 saturated carbocycles. The number of rotatable bonds is 2. The summed E-state index contributed by atoms with van der Waals surface area (Å²) in [7, 11) is 0. The summed E-state index contributed by atoms with van der Waals surface area (Å²) in [5.74, 6) is -0.777. The number of aliphatic carboxylic acids is 1. The van der Waals surface area contributed by atoms with Crippen molar-refractivity contribution in [3.8, 4) is 0 Å². The van der Waals surface area contributed by atoms with Gasteiger partial charge in [0.1, 0.15) is 5.41 Å². The average molecular weight is 231 g/mol. The van der Waals surface area contributed by atoms with Crippen LogP contribution in [0.15, 0.2) is 24.8 Å². The summed E-state index contributed by atoms with van der Waals surface area (Å²) in [6.45, 7) is 3.95. The Labute approximate surface area is 98.1 Å². The highest BCUT2D eigenvalue weighted by Gasteiger charge is 2.69. The fourth-order valence-electron chi connectivity index (χ4n) is 2.69. The molecule has 2 aromatic heterocycles. The predicted octanol–water partition coefficient (Wildman–Crippen LogP) is 1.48. The van der Waals surface area contributed by atoms with Crippen molar-refractivity contribution in [2.45, 2.75) is 25.7 Å². The summed E-state index contributed by atoms with van der Waals surface area (Å²) in [5.41, 5.74) is 0.393. The Bertz CT molecular complexity index is 617. The lowest BCUT2D eigenvalue weighted by molar-refractivity contribution is -0.141. The van der Waals surface area contributed by atoms with Gasteiger partial charge in [0.15, 0.2) is 5.65 Å². The van der Waals surface area contributed by atoms with Crippen molar-refractivity contribution in [3.05, 3.63) is 30.5 Å². The van der Waals surface area contributed by atoms with E-state index in [0.29, 0.717) is 12.1 Å². The molecule has 0 spiro atoms. The maximum absolute atomic E-state index is 11.6. The molecule has 1 atom stereocenters. The third-order valence-electron chi connectivity index (χ3n) is 3.86. The van der Waals surface area contributed by atoms with E-state index in [-0.39, 0.29) is 5.41 Å². The summed E-state index contributed by atoms with van der Waals surface area (Å²) < 4.78 is 1.82. The Morgan fingerprint density at radius 1 is 1.47 bits per heavy atom. The first kappa shape index (κ1) is 10.3. The van der Waals surface area contributed by atoms with Gasteiger partial charge in [-0.2, -0.15) is 0 Å². The molecule has 0 amide bonds. The molecule has 1 aliphatic carbocycles. The van der Waals surface area contributed by atoms with Crippen molar-refractivity contribution in [1.29, 1.82) is 0 Å². The summed E-state index contributed by atoms with van der Waals surface area (Å²) in [4.78, 5) is 19.8. The lowest BCUT2D eigenvalue weighted by atomic mass is 9.93. The zero-order valence-corrected chi connectivity index (χ0v) is 9.71. The second-order valence-corrected chi connectivity index (χ2v) is 5.22. The second-order valence-electron chi connectivity index (χ2n) is 5.22. The topological polar surface area (TPSA) is 67.5 Å². The molecule has 2 heterocycles.